The van der Waals surface area contributed by atoms with E-state index in [1.807, 2.05) is 4.90 Å². The Morgan fingerprint density at radius 1 is 1.03 bits per heavy atom. The van der Waals surface area contributed by atoms with Crippen molar-refractivity contribution < 1.29 is 14.7 Å². The van der Waals surface area contributed by atoms with E-state index in [-0.39, 0.29) is 17.9 Å². The minimum Gasteiger partial charge on any atom is -0.390 e. The number of nitrogens with one attached hydrogen (secondary N) is 2. The number of hydrogen-bond donors (Lipinski definition) is 3. The van der Waals surface area contributed by atoms with Crippen LogP contribution in [0.5, 0.6) is 0 Å². The molecule has 208 valence electrons. The Morgan fingerprint density at radius 3 is 2.54 bits per heavy atom. The molecule has 3 N–H and O–H groups in total. The molecule has 0 saturated carbocycles. The van der Waals surface area contributed by atoms with Gasteiger partial charge in [-0.05, 0) is 55.1 Å². The minimum atomic E-state index is -0.689. The van der Waals surface area contributed by atoms with Gasteiger partial charge in [-0.15, -0.1) is 0 Å². The van der Waals surface area contributed by atoms with E-state index in [2.05, 4.69) is 55.7 Å². The van der Waals surface area contributed by atoms with Gasteiger partial charge in [0.25, 0.3) is 0 Å². The van der Waals surface area contributed by atoms with Gasteiger partial charge in [-0.2, -0.15) is 0 Å². The zero-order valence-corrected chi connectivity index (χ0v) is 23.5. The number of hydrogen-bond acceptors (Lipinski definition) is 4. The van der Waals surface area contributed by atoms with E-state index < -0.39 is 12.1 Å². The van der Waals surface area contributed by atoms with Crippen molar-refractivity contribution in [1.82, 2.24) is 15.5 Å². The topological polar surface area (TPSA) is 81.7 Å². The summed E-state index contributed by atoms with van der Waals surface area (Å²) >= 11 is 0. The minimum absolute atomic E-state index is 0.0963. The highest BCUT2D eigenvalue weighted by Crippen LogP contribution is 2.23. The Kier molecular flexibility index (Phi) is 12.4. The molecule has 0 aromatic heterocycles. The van der Waals surface area contributed by atoms with Gasteiger partial charge in [0.15, 0.2) is 0 Å². The molecule has 2 heterocycles. The lowest BCUT2D eigenvalue weighted by Crippen LogP contribution is -2.56. The van der Waals surface area contributed by atoms with Gasteiger partial charge >= 0.3 is 0 Å². The monoisotopic (exact) mass is 513 g/mol. The van der Waals surface area contributed by atoms with E-state index >= 15 is 0 Å². The highest BCUT2D eigenvalue weighted by Gasteiger charge is 2.34. The van der Waals surface area contributed by atoms with Crippen molar-refractivity contribution >= 4 is 11.8 Å². The molecule has 0 radical (unpaired) electrons. The number of carbonyl (C=O) groups is 2. The number of aliphatic hydroxyl groups excluding tert-OH is 1. The molecule has 2 fully saturated rings. The van der Waals surface area contributed by atoms with Crippen molar-refractivity contribution in [2.75, 3.05) is 13.1 Å². The van der Waals surface area contributed by atoms with E-state index in [9.17, 15) is 14.7 Å². The number of benzene rings is 1. The largest absolute Gasteiger partial charge is 0.390 e. The second-order valence-electron chi connectivity index (χ2n) is 11.8. The average molecular weight is 514 g/mol. The number of fused-ring (bicyclic) bond motifs is 1. The Labute approximate surface area is 225 Å². The third-order valence-electron chi connectivity index (χ3n) is 8.21. The van der Waals surface area contributed by atoms with Gasteiger partial charge < -0.3 is 20.6 Å². The highest BCUT2D eigenvalue weighted by atomic mass is 16.3. The molecule has 1 aromatic carbocycles. The molecule has 4 atom stereocenters. The molecule has 2 aliphatic heterocycles. The summed E-state index contributed by atoms with van der Waals surface area (Å²) in [6.07, 6.45) is 11.1. The first-order chi connectivity index (χ1) is 17.8. The predicted octanol–water partition coefficient (Wildman–Crippen LogP) is 5.29. The Bertz CT molecular complexity index is 843. The van der Waals surface area contributed by atoms with Crippen LogP contribution in [0, 0.1) is 5.92 Å². The normalized spacial score (nSPS) is 26.0. The standard InChI is InChI=1S/C31H51N3O3/c1-23(2)26-15-12-14-25(20-26)21-32-22-29(35)27-19-24(3)13-8-6-4-5-7-9-17-30(36)34-18-11-10-16-28(34)31(37)33-27/h12,14-15,20,23-24,27-29,32,35H,4-11,13,16-19,21-22H2,1-3H3,(H,33,37)/t24-,27+,28+,29-/m1/s1. The Hall–Kier alpha value is -1.92. The molecule has 0 unspecified atom stereocenters. The van der Waals surface area contributed by atoms with Crippen molar-refractivity contribution in [1.29, 1.82) is 0 Å². The molecule has 2 aliphatic rings. The van der Waals surface area contributed by atoms with Crippen LogP contribution in [-0.2, 0) is 16.1 Å². The van der Waals surface area contributed by atoms with Crippen LogP contribution in [0.25, 0.3) is 0 Å². The molecule has 0 aliphatic carbocycles. The van der Waals surface area contributed by atoms with Gasteiger partial charge in [-0.3, -0.25) is 9.59 Å². The number of rotatable bonds is 6. The first kappa shape index (κ1) is 29.6. The van der Waals surface area contributed by atoms with Gasteiger partial charge in [0.05, 0.1) is 12.1 Å². The zero-order chi connectivity index (χ0) is 26.6. The fourth-order valence-corrected chi connectivity index (χ4v) is 5.83. The van der Waals surface area contributed by atoms with Crippen LogP contribution in [0.1, 0.15) is 115 Å². The second-order valence-corrected chi connectivity index (χ2v) is 11.8. The maximum atomic E-state index is 13.5. The summed E-state index contributed by atoms with van der Waals surface area (Å²) < 4.78 is 0. The van der Waals surface area contributed by atoms with E-state index in [1.54, 1.807) is 0 Å². The van der Waals surface area contributed by atoms with Crippen molar-refractivity contribution in [2.24, 2.45) is 5.92 Å². The average Bonchev–Trinajstić information content (AvgIpc) is 2.89. The van der Waals surface area contributed by atoms with E-state index in [0.717, 1.165) is 38.5 Å². The molecule has 6 heteroatoms. The highest BCUT2D eigenvalue weighted by molar-refractivity contribution is 5.88. The maximum Gasteiger partial charge on any atom is 0.243 e. The van der Waals surface area contributed by atoms with E-state index in [4.69, 9.17) is 0 Å². The van der Waals surface area contributed by atoms with Crippen LogP contribution in [0.2, 0.25) is 0 Å². The second kappa shape index (κ2) is 15.5. The van der Waals surface area contributed by atoms with E-state index in [0.29, 0.717) is 44.3 Å². The van der Waals surface area contributed by atoms with Gasteiger partial charge in [-0.1, -0.05) is 83.6 Å². The van der Waals surface area contributed by atoms with Crippen LogP contribution >= 0.6 is 0 Å². The molecule has 6 nitrogen and oxygen atoms in total. The van der Waals surface area contributed by atoms with E-state index in [1.165, 1.54) is 36.8 Å². The lowest BCUT2D eigenvalue weighted by molar-refractivity contribution is -0.143. The maximum absolute atomic E-state index is 13.5. The summed E-state index contributed by atoms with van der Waals surface area (Å²) in [5, 5.41) is 17.8. The van der Waals surface area contributed by atoms with Crippen LogP contribution < -0.4 is 10.6 Å². The third-order valence-corrected chi connectivity index (χ3v) is 8.21. The fraction of sp³-hybridized carbons (Fsp3) is 0.742. The molecule has 2 saturated heterocycles. The van der Waals surface area contributed by atoms with Crippen LogP contribution in [-0.4, -0.2) is 53.1 Å². The molecular formula is C31H51N3O3. The summed E-state index contributed by atoms with van der Waals surface area (Å²) in [7, 11) is 0. The lowest BCUT2D eigenvalue weighted by atomic mass is 9.91. The summed E-state index contributed by atoms with van der Waals surface area (Å²) in [6.45, 7) is 8.37. The number of amides is 2. The quantitative estimate of drug-likeness (QED) is 0.483. The molecular weight excluding hydrogens is 462 g/mol. The van der Waals surface area contributed by atoms with Gasteiger partial charge in [0, 0.05) is 26.1 Å². The Morgan fingerprint density at radius 2 is 1.76 bits per heavy atom. The van der Waals surface area contributed by atoms with Crippen molar-refractivity contribution in [3.63, 3.8) is 0 Å². The third kappa shape index (κ3) is 9.72. The van der Waals surface area contributed by atoms with Gasteiger partial charge in [0.1, 0.15) is 6.04 Å². The summed E-state index contributed by atoms with van der Waals surface area (Å²) in [4.78, 5) is 28.3. The lowest BCUT2D eigenvalue weighted by Gasteiger charge is -2.37. The summed E-state index contributed by atoms with van der Waals surface area (Å²) in [5.74, 6) is 0.912. The molecule has 0 bridgehead atoms. The summed E-state index contributed by atoms with van der Waals surface area (Å²) in [6, 6.07) is 7.82. The van der Waals surface area contributed by atoms with Gasteiger partial charge in [-0.25, -0.2) is 0 Å². The van der Waals surface area contributed by atoms with Gasteiger partial charge in [0.2, 0.25) is 11.8 Å². The number of piperidine rings is 1. The van der Waals surface area contributed by atoms with Crippen LogP contribution in [0.15, 0.2) is 24.3 Å². The van der Waals surface area contributed by atoms with Crippen molar-refractivity contribution in [3.8, 4) is 0 Å². The first-order valence-corrected chi connectivity index (χ1v) is 14.9. The number of aliphatic hydroxyl groups is 1. The zero-order valence-electron chi connectivity index (χ0n) is 23.5. The summed E-state index contributed by atoms with van der Waals surface area (Å²) in [5.41, 5.74) is 2.51. The van der Waals surface area contributed by atoms with Crippen LogP contribution in [0.3, 0.4) is 0 Å². The fourth-order valence-electron chi connectivity index (χ4n) is 5.83. The van der Waals surface area contributed by atoms with Crippen molar-refractivity contribution in [2.45, 2.75) is 128 Å². The van der Waals surface area contributed by atoms with Crippen LogP contribution in [0.4, 0.5) is 0 Å². The molecule has 1 aromatic rings. The first-order valence-electron chi connectivity index (χ1n) is 14.9. The van der Waals surface area contributed by atoms with Crippen molar-refractivity contribution in [3.05, 3.63) is 35.4 Å². The molecule has 2 amide bonds. The molecule has 37 heavy (non-hydrogen) atoms. The smallest absolute Gasteiger partial charge is 0.243 e. The Balaban J connectivity index is 1.66. The predicted molar refractivity (Wildman–Crippen MR) is 150 cm³/mol. The molecule has 0 spiro atoms. The molecule has 3 rings (SSSR count). The number of carbonyl (C=O) groups excluding carboxylic acids is 2. The SMILES string of the molecule is CC(C)c1cccc(CNC[C@@H](O)[C@@H]2C[C@H](C)CCCCCCCCC(=O)N3CCCC[C@H]3C(=O)N2)c1. The number of nitrogens with zero attached hydrogens (tertiary/aromatic N) is 1.